The molecule has 1 saturated heterocycles. The number of rotatable bonds is 3. The van der Waals surface area contributed by atoms with Crippen LogP contribution in [0.25, 0.3) is 11.0 Å². The van der Waals surface area contributed by atoms with Crippen LogP contribution < -0.4 is 10.6 Å². The number of nitrogens with zero attached hydrogens (tertiary/aromatic N) is 2. The number of anilines is 1. The second-order valence-corrected chi connectivity index (χ2v) is 9.66. The van der Waals surface area contributed by atoms with Crippen LogP contribution in [0.15, 0.2) is 28.9 Å². The lowest BCUT2D eigenvalue weighted by molar-refractivity contribution is 0.245. The Kier molecular flexibility index (Phi) is 4.80. The van der Waals surface area contributed by atoms with Crippen molar-refractivity contribution in [3.05, 3.63) is 40.9 Å². The summed E-state index contributed by atoms with van der Waals surface area (Å²) in [5, 5.41) is 8.90. The number of halogens is 1. The molecule has 1 saturated carbocycles. The van der Waals surface area contributed by atoms with Crippen LogP contribution in [-0.2, 0) is 12.1 Å². The lowest BCUT2D eigenvalue weighted by atomic mass is 9.74. The molecule has 156 valence electrons. The molecule has 1 aromatic carbocycles. The lowest BCUT2D eigenvalue weighted by Crippen LogP contribution is -2.48. The van der Waals surface area contributed by atoms with Crippen LogP contribution in [0.2, 0.25) is 5.02 Å². The molecule has 2 fully saturated rings. The molecule has 1 atom stereocenters. The Bertz CT molecular complexity index is 944. The molecule has 1 unspecified atom stereocenters. The Morgan fingerprint density at radius 1 is 1.28 bits per heavy atom. The fraction of sp³-hybridized carbons (Fsp3) is 0.565. The van der Waals surface area contributed by atoms with Gasteiger partial charge in [-0.05, 0) is 45.5 Å². The summed E-state index contributed by atoms with van der Waals surface area (Å²) in [5.41, 5.74) is 3.03. The first kappa shape index (κ1) is 19.3. The monoisotopic (exact) mass is 414 g/mol. The van der Waals surface area contributed by atoms with E-state index in [1.165, 1.54) is 31.2 Å². The molecule has 0 radical (unpaired) electrons. The Balaban J connectivity index is 1.53. The second kappa shape index (κ2) is 7.22. The highest BCUT2D eigenvalue weighted by Crippen LogP contribution is 2.49. The SMILES string of the molecule is C=C1Nc2c(Cl)cc3cc(CN4CCC(N(C)C)C4)oc3c2C2(CCCCC2)N1. The quantitative estimate of drug-likeness (QED) is 0.750. The number of hydrogen-bond acceptors (Lipinski definition) is 5. The maximum Gasteiger partial charge on any atom is 0.142 e. The van der Waals surface area contributed by atoms with Gasteiger partial charge in [-0.3, -0.25) is 4.90 Å². The number of hydrogen-bond donors (Lipinski definition) is 2. The van der Waals surface area contributed by atoms with E-state index in [2.05, 4.69) is 47.2 Å². The van der Waals surface area contributed by atoms with Crippen molar-refractivity contribution < 1.29 is 4.42 Å². The average molecular weight is 415 g/mol. The summed E-state index contributed by atoms with van der Waals surface area (Å²) < 4.78 is 6.52. The summed E-state index contributed by atoms with van der Waals surface area (Å²) in [4.78, 5) is 4.82. The van der Waals surface area contributed by atoms with Crippen LogP contribution in [0.5, 0.6) is 0 Å². The van der Waals surface area contributed by atoms with Crippen molar-refractivity contribution in [2.75, 3.05) is 32.5 Å². The molecule has 5 rings (SSSR count). The van der Waals surface area contributed by atoms with E-state index in [9.17, 15) is 0 Å². The van der Waals surface area contributed by atoms with Crippen molar-refractivity contribution >= 4 is 28.3 Å². The standard InChI is InChI=1S/C23H31ClN4O/c1-15-25-21-19(24)12-16-11-18(14-28-10-7-17(13-28)27(2)3)29-22(16)20(21)23(26-15)8-5-4-6-9-23/h11-12,17,25-26H,1,4-10,13-14H2,2-3H3. The zero-order chi connectivity index (χ0) is 20.2. The van der Waals surface area contributed by atoms with Gasteiger partial charge >= 0.3 is 0 Å². The Labute approximate surface area is 178 Å². The summed E-state index contributed by atoms with van der Waals surface area (Å²) in [5.74, 6) is 1.86. The number of benzene rings is 1. The van der Waals surface area contributed by atoms with E-state index < -0.39 is 0 Å². The Morgan fingerprint density at radius 2 is 2.07 bits per heavy atom. The highest BCUT2D eigenvalue weighted by Gasteiger charge is 2.42. The van der Waals surface area contributed by atoms with Crippen molar-refractivity contribution in [2.45, 2.75) is 56.7 Å². The third-order valence-corrected chi connectivity index (χ3v) is 7.32. The maximum absolute atomic E-state index is 6.73. The fourth-order valence-corrected chi connectivity index (χ4v) is 5.78. The first-order valence-corrected chi connectivity index (χ1v) is 11.2. The van der Waals surface area contributed by atoms with Crippen LogP contribution in [-0.4, -0.2) is 43.0 Å². The first-order chi connectivity index (χ1) is 13.9. The molecule has 1 aliphatic carbocycles. The normalized spacial score (nSPS) is 24.1. The number of likely N-dealkylation sites (N-methyl/N-ethyl adjacent to an activating group) is 1. The van der Waals surface area contributed by atoms with Gasteiger partial charge in [-0.2, -0.15) is 0 Å². The van der Waals surface area contributed by atoms with Gasteiger partial charge < -0.3 is 20.0 Å². The van der Waals surface area contributed by atoms with Gasteiger partial charge in [-0.25, -0.2) is 0 Å². The molecule has 2 aliphatic heterocycles. The smallest absolute Gasteiger partial charge is 0.142 e. The van der Waals surface area contributed by atoms with Crippen molar-refractivity contribution in [3.8, 4) is 0 Å². The number of fused-ring (bicyclic) bond motifs is 4. The molecule has 0 amide bonds. The predicted molar refractivity (Wildman–Crippen MR) is 119 cm³/mol. The van der Waals surface area contributed by atoms with Crippen LogP contribution in [0.3, 0.4) is 0 Å². The topological polar surface area (TPSA) is 43.7 Å². The molecular weight excluding hydrogens is 384 g/mol. The third kappa shape index (κ3) is 3.33. The minimum atomic E-state index is -0.127. The number of likely N-dealkylation sites (tertiary alicyclic amines) is 1. The van der Waals surface area contributed by atoms with Gasteiger partial charge in [-0.1, -0.05) is 37.4 Å². The summed E-state index contributed by atoms with van der Waals surface area (Å²) in [7, 11) is 4.34. The molecule has 3 aliphatic rings. The van der Waals surface area contributed by atoms with Gasteiger partial charge in [0, 0.05) is 30.1 Å². The molecule has 6 heteroatoms. The zero-order valence-corrected chi connectivity index (χ0v) is 18.2. The molecule has 0 bridgehead atoms. The van der Waals surface area contributed by atoms with Crippen LogP contribution in [0, 0.1) is 0 Å². The van der Waals surface area contributed by atoms with E-state index >= 15 is 0 Å². The molecule has 1 spiro atoms. The molecule has 3 heterocycles. The summed E-state index contributed by atoms with van der Waals surface area (Å²) >= 11 is 6.73. The number of furan rings is 1. The summed E-state index contributed by atoms with van der Waals surface area (Å²) in [6.45, 7) is 7.22. The van der Waals surface area contributed by atoms with Crippen molar-refractivity contribution in [1.29, 1.82) is 0 Å². The third-order valence-electron chi connectivity index (χ3n) is 7.02. The van der Waals surface area contributed by atoms with E-state index in [4.69, 9.17) is 16.0 Å². The maximum atomic E-state index is 6.73. The minimum absolute atomic E-state index is 0.127. The molecule has 2 N–H and O–H groups in total. The largest absolute Gasteiger partial charge is 0.459 e. The van der Waals surface area contributed by atoms with Gasteiger partial charge in [-0.15, -0.1) is 0 Å². The predicted octanol–water partition coefficient (Wildman–Crippen LogP) is 4.87. The Hall–Kier alpha value is -1.69. The highest BCUT2D eigenvalue weighted by atomic mass is 35.5. The average Bonchev–Trinajstić information content (AvgIpc) is 3.29. The Morgan fingerprint density at radius 3 is 2.79 bits per heavy atom. The summed E-state index contributed by atoms with van der Waals surface area (Å²) in [6.07, 6.45) is 7.09. The van der Waals surface area contributed by atoms with E-state index in [-0.39, 0.29) is 5.54 Å². The van der Waals surface area contributed by atoms with Gasteiger partial charge in [0.2, 0.25) is 0 Å². The van der Waals surface area contributed by atoms with Gasteiger partial charge in [0.15, 0.2) is 0 Å². The van der Waals surface area contributed by atoms with Crippen LogP contribution >= 0.6 is 11.6 Å². The first-order valence-electron chi connectivity index (χ1n) is 10.8. The molecule has 1 aromatic heterocycles. The molecule has 2 aromatic rings. The molecule has 29 heavy (non-hydrogen) atoms. The van der Waals surface area contributed by atoms with Crippen LogP contribution in [0.4, 0.5) is 5.69 Å². The highest BCUT2D eigenvalue weighted by molar-refractivity contribution is 6.34. The van der Waals surface area contributed by atoms with E-state index in [0.717, 1.165) is 65.7 Å². The fourth-order valence-electron chi connectivity index (χ4n) is 5.52. The zero-order valence-electron chi connectivity index (χ0n) is 17.5. The van der Waals surface area contributed by atoms with Crippen molar-refractivity contribution in [2.24, 2.45) is 0 Å². The van der Waals surface area contributed by atoms with Gasteiger partial charge in [0.05, 0.1) is 28.6 Å². The van der Waals surface area contributed by atoms with Gasteiger partial charge in [0.1, 0.15) is 11.3 Å². The lowest BCUT2D eigenvalue weighted by Gasteiger charge is -2.44. The second-order valence-electron chi connectivity index (χ2n) is 9.25. The van der Waals surface area contributed by atoms with Gasteiger partial charge in [0.25, 0.3) is 0 Å². The minimum Gasteiger partial charge on any atom is -0.459 e. The van der Waals surface area contributed by atoms with Crippen molar-refractivity contribution in [3.63, 3.8) is 0 Å². The van der Waals surface area contributed by atoms with E-state index in [1.807, 2.05) is 6.07 Å². The number of nitrogens with one attached hydrogen (secondary N) is 2. The summed E-state index contributed by atoms with van der Waals surface area (Å²) in [6, 6.07) is 4.86. The van der Waals surface area contributed by atoms with Crippen LogP contribution in [0.1, 0.15) is 49.8 Å². The molecular formula is C23H31ClN4O. The van der Waals surface area contributed by atoms with Crippen molar-refractivity contribution in [1.82, 2.24) is 15.1 Å². The van der Waals surface area contributed by atoms with E-state index in [1.54, 1.807) is 0 Å². The van der Waals surface area contributed by atoms with E-state index in [0.29, 0.717) is 6.04 Å². The molecule has 5 nitrogen and oxygen atoms in total.